The Morgan fingerprint density at radius 3 is 2.38 bits per heavy atom. The lowest BCUT2D eigenvalue weighted by Gasteiger charge is -2.12. The van der Waals surface area contributed by atoms with E-state index in [-0.39, 0.29) is 11.8 Å². The van der Waals surface area contributed by atoms with Crippen LogP contribution in [-0.2, 0) is 22.4 Å². The third kappa shape index (κ3) is 8.51. The number of carbonyl (C=O) groups excluding carboxylic acids is 2. The molecule has 2 N–H and O–H groups in total. The van der Waals surface area contributed by atoms with Crippen LogP contribution in [-0.4, -0.2) is 32.2 Å². The van der Waals surface area contributed by atoms with Crippen molar-refractivity contribution >= 4 is 43.3 Å². The summed E-state index contributed by atoms with van der Waals surface area (Å²) in [6.07, 6.45) is 16.5. The zero-order chi connectivity index (χ0) is 26.0. The van der Waals surface area contributed by atoms with Crippen LogP contribution in [0, 0.1) is 0 Å². The van der Waals surface area contributed by atoms with Crippen molar-refractivity contribution in [3.05, 3.63) is 69.2 Å². The SMILES string of the molecule is CC1=C(CC(=O)Nc2nnc(CCCCc3ccc(NC(=O)CC4=C(P)CCC=C4)nn3)s2)C=CCC1. The number of hydrogen-bond acceptors (Lipinski definition) is 7. The maximum absolute atomic E-state index is 12.4. The normalized spacial score (nSPS) is 15.3. The van der Waals surface area contributed by atoms with Gasteiger partial charge in [-0.3, -0.25) is 9.59 Å². The molecule has 0 radical (unpaired) electrons. The molecule has 2 aromatic heterocycles. The van der Waals surface area contributed by atoms with Gasteiger partial charge in [0.2, 0.25) is 16.9 Å². The van der Waals surface area contributed by atoms with E-state index in [1.807, 2.05) is 18.2 Å². The molecular weight excluding hydrogens is 503 g/mol. The minimum Gasteiger partial charge on any atom is -0.309 e. The largest absolute Gasteiger partial charge is 0.309 e. The zero-order valence-corrected chi connectivity index (χ0v) is 23.1. The summed E-state index contributed by atoms with van der Waals surface area (Å²) in [4.78, 5) is 24.7. The van der Waals surface area contributed by atoms with Crippen molar-refractivity contribution in [2.75, 3.05) is 10.6 Å². The number of aryl methyl sites for hydroxylation is 2. The summed E-state index contributed by atoms with van der Waals surface area (Å²) in [5.74, 6) is 0.321. The number of amides is 2. The first-order valence-corrected chi connectivity index (χ1v) is 14.1. The predicted molar refractivity (Wildman–Crippen MR) is 151 cm³/mol. The van der Waals surface area contributed by atoms with E-state index >= 15 is 0 Å². The summed E-state index contributed by atoms with van der Waals surface area (Å²) in [6, 6.07) is 3.70. The molecule has 2 aliphatic carbocycles. The van der Waals surface area contributed by atoms with Crippen LogP contribution < -0.4 is 10.6 Å². The van der Waals surface area contributed by atoms with Crippen LogP contribution in [0.3, 0.4) is 0 Å². The maximum atomic E-state index is 12.4. The van der Waals surface area contributed by atoms with Crippen molar-refractivity contribution in [2.24, 2.45) is 0 Å². The lowest BCUT2D eigenvalue weighted by atomic mass is 9.96. The van der Waals surface area contributed by atoms with Gasteiger partial charge in [-0.2, -0.15) is 5.10 Å². The van der Waals surface area contributed by atoms with E-state index in [0.717, 1.165) is 73.2 Å². The Morgan fingerprint density at radius 2 is 1.62 bits per heavy atom. The molecule has 1 unspecified atom stereocenters. The molecule has 0 aromatic carbocycles. The first-order valence-electron chi connectivity index (χ1n) is 12.7. The third-order valence-corrected chi connectivity index (χ3v) is 7.90. The van der Waals surface area contributed by atoms with E-state index in [4.69, 9.17) is 0 Å². The summed E-state index contributed by atoms with van der Waals surface area (Å²) in [6.45, 7) is 2.09. The highest BCUT2D eigenvalue weighted by Crippen LogP contribution is 2.27. The second-order valence-corrected chi connectivity index (χ2v) is 11.1. The standard InChI is InChI=1S/C27H33N6O2PS/c1-18-8-2-3-9-19(18)16-25(35)29-27-33-32-26(37-27)13-7-5-11-21-14-15-23(31-30-21)28-24(34)17-20-10-4-6-12-22(20)36/h3-4,9-10,14-15H,2,5-8,11-13,16-17,36H2,1H3,(H,28,31,34)(H,29,33,35). The van der Waals surface area contributed by atoms with Gasteiger partial charge in [0.1, 0.15) is 5.01 Å². The molecule has 194 valence electrons. The van der Waals surface area contributed by atoms with E-state index in [9.17, 15) is 9.59 Å². The average Bonchev–Trinajstić information content (AvgIpc) is 3.32. The number of aromatic nitrogens is 4. The molecule has 1 atom stereocenters. The predicted octanol–water partition coefficient (Wildman–Crippen LogP) is 5.70. The van der Waals surface area contributed by atoms with Gasteiger partial charge in [-0.05, 0) is 80.5 Å². The fourth-order valence-electron chi connectivity index (χ4n) is 4.19. The second kappa shape index (κ2) is 13.5. The van der Waals surface area contributed by atoms with Crippen LogP contribution in [0.1, 0.15) is 69.0 Å². The average molecular weight is 537 g/mol. The quantitative estimate of drug-likeness (QED) is 0.282. The van der Waals surface area contributed by atoms with Gasteiger partial charge in [-0.25, -0.2) is 0 Å². The fraction of sp³-hybridized carbons (Fsp3) is 0.407. The number of nitrogens with zero attached hydrogens (tertiary/aromatic N) is 4. The molecule has 0 fully saturated rings. The molecule has 0 bridgehead atoms. The monoisotopic (exact) mass is 536 g/mol. The number of carbonyl (C=O) groups is 2. The van der Waals surface area contributed by atoms with Gasteiger partial charge in [-0.1, -0.05) is 41.2 Å². The van der Waals surface area contributed by atoms with Crippen LogP contribution in [0.5, 0.6) is 0 Å². The van der Waals surface area contributed by atoms with E-state index in [2.05, 4.69) is 59.3 Å². The highest BCUT2D eigenvalue weighted by atomic mass is 32.1. The van der Waals surface area contributed by atoms with Crippen LogP contribution >= 0.6 is 20.6 Å². The molecule has 0 aliphatic heterocycles. The van der Waals surface area contributed by atoms with Crippen molar-refractivity contribution in [1.29, 1.82) is 0 Å². The zero-order valence-electron chi connectivity index (χ0n) is 21.1. The summed E-state index contributed by atoms with van der Waals surface area (Å²) < 4.78 is 0. The molecular formula is C27H33N6O2PS. The number of nitrogens with one attached hydrogen (secondary N) is 2. The first kappa shape index (κ1) is 27.0. The lowest BCUT2D eigenvalue weighted by molar-refractivity contribution is -0.116. The summed E-state index contributed by atoms with van der Waals surface area (Å²) in [5, 5.41) is 25.1. The third-order valence-electron chi connectivity index (χ3n) is 6.34. The number of hydrogen-bond donors (Lipinski definition) is 2. The van der Waals surface area contributed by atoms with E-state index < -0.39 is 0 Å². The highest BCUT2D eigenvalue weighted by molar-refractivity contribution is 7.22. The molecule has 2 aliphatic rings. The van der Waals surface area contributed by atoms with E-state index in [1.165, 1.54) is 22.2 Å². The number of unbranched alkanes of at least 4 members (excludes halogenated alkanes) is 1. The van der Waals surface area contributed by atoms with Gasteiger partial charge < -0.3 is 10.6 Å². The Bertz CT molecular complexity index is 1250. The Balaban J connectivity index is 1.15. The molecule has 0 saturated carbocycles. The Kier molecular flexibility index (Phi) is 9.85. The van der Waals surface area contributed by atoms with Gasteiger partial charge in [0.15, 0.2) is 5.82 Å². The van der Waals surface area contributed by atoms with Crippen LogP contribution in [0.4, 0.5) is 10.9 Å². The topological polar surface area (TPSA) is 110 Å². The van der Waals surface area contributed by atoms with Crippen molar-refractivity contribution in [2.45, 2.75) is 71.1 Å². The molecule has 4 rings (SSSR count). The van der Waals surface area contributed by atoms with Gasteiger partial charge in [0, 0.05) is 6.42 Å². The van der Waals surface area contributed by atoms with Crippen molar-refractivity contribution < 1.29 is 9.59 Å². The molecule has 10 heteroatoms. The minimum absolute atomic E-state index is 0.0566. The first-order chi connectivity index (χ1) is 18.0. The lowest BCUT2D eigenvalue weighted by Crippen LogP contribution is -2.14. The number of rotatable bonds is 11. The van der Waals surface area contributed by atoms with Crippen molar-refractivity contribution in [3.8, 4) is 0 Å². The van der Waals surface area contributed by atoms with Crippen molar-refractivity contribution in [3.63, 3.8) is 0 Å². The second-order valence-electron chi connectivity index (χ2n) is 9.31. The molecule has 2 amide bonds. The summed E-state index contributed by atoms with van der Waals surface area (Å²) >= 11 is 1.43. The highest BCUT2D eigenvalue weighted by Gasteiger charge is 2.13. The molecule has 8 nitrogen and oxygen atoms in total. The van der Waals surface area contributed by atoms with Gasteiger partial charge >= 0.3 is 0 Å². The van der Waals surface area contributed by atoms with Crippen LogP contribution in [0.2, 0.25) is 0 Å². The molecule has 0 saturated heterocycles. The Morgan fingerprint density at radius 1 is 0.892 bits per heavy atom. The molecule has 2 aromatic rings. The smallest absolute Gasteiger partial charge is 0.230 e. The van der Waals surface area contributed by atoms with Gasteiger partial charge in [-0.15, -0.1) is 24.5 Å². The van der Waals surface area contributed by atoms with E-state index in [0.29, 0.717) is 23.8 Å². The molecule has 2 heterocycles. The van der Waals surface area contributed by atoms with Crippen LogP contribution in [0.25, 0.3) is 0 Å². The molecule has 37 heavy (non-hydrogen) atoms. The summed E-state index contributed by atoms with van der Waals surface area (Å²) in [7, 11) is 2.73. The Hall–Kier alpha value is -3.03. The Labute approximate surface area is 224 Å². The number of anilines is 2. The van der Waals surface area contributed by atoms with Gasteiger partial charge in [0.25, 0.3) is 0 Å². The van der Waals surface area contributed by atoms with E-state index in [1.54, 1.807) is 6.07 Å². The summed E-state index contributed by atoms with van der Waals surface area (Å²) in [5.41, 5.74) is 4.30. The van der Waals surface area contributed by atoms with Gasteiger partial charge in [0.05, 0.1) is 18.5 Å². The minimum atomic E-state index is -0.0887. The molecule has 0 spiro atoms. The fourth-order valence-corrected chi connectivity index (χ4v) is 5.35. The van der Waals surface area contributed by atoms with Crippen LogP contribution in [0.15, 0.2) is 58.5 Å². The number of allylic oxidation sites excluding steroid dienone is 6. The van der Waals surface area contributed by atoms with Crippen molar-refractivity contribution in [1.82, 2.24) is 20.4 Å². The maximum Gasteiger partial charge on any atom is 0.230 e.